The summed E-state index contributed by atoms with van der Waals surface area (Å²) < 4.78 is 30.5. The first-order chi connectivity index (χ1) is 10.7. The fourth-order valence-corrected chi connectivity index (χ4v) is 2.26. The van der Waals surface area contributed by atoms with Gasteiger partial charge in [-0.15, -0.1) is 0 Å². The van der Waals surface area contributed by atoms with Gasteiger partial charge in [0.25, 0.3) is 0 Å². The van der Waals surface area contributed by atoms with Crippen molar-refractivity contribution in [2.45, 2.75) is 45.3 Å². The van der Waals surface area contributed by atoms with Gasteiger partial charge in [-0.25, -0.2) is 9.18 Å². The van der Waals surface area contributed by atoms with Gasteiger partial charge in [-0.05, 0) is 51.2 Å². The number of ether oxygens (including phenoxy) is 1. The first-order valence-electron chi connectivity index (χ1n) is 7.62. The van der Waals surface area contributed by atoms with Gasteiger partial charge in [-0.2, -0.15) is 0 Å². The third kappa shape index (κ3) is 3.84. The minimum Gasteiger partial charge on any atom is -0.453 e. The Hall–Kier alpha value is -1.60. The van der Waals surface area contributed by atoms with Crippen molar-refractivity contribution < 1.29 is 23.2 Å². The van der Waals surface area contributed by atoms with E-state index >= 15 is 0 Å². The van der Waals surface area contributed by atoms with Crippen LogP contribution < -0.4 is 10.8 Å². The van der Waals surface area contributed by atoms with E-state index in [1.165, 1.54) is 13.2 Å². The fourth-order valence-electron chi connectivity index (χ4n) is 2.26. The Labute approximate surface area is 136 Å². The summed E-state index contributed by atoms with van der Waals surface area (Å²) in [5.41, 5.74) is 0.238. The minimum atomic E-state index is -0.586. The highest BCUT2D eigenvalue weighted by molar-refractivity contribution is 6.62. The van der Waals surface area contributed by atoms with Crippen LogP contribution in [0.25, 0.3) is 0 Å². The molecule has 23 heavy (non-hydrogen) atoms. The molecule has 1 amide bonds. The van der Waals surface area contributed by atoms with Crippen LogP contribution in [0.1, 0.15) is 33.3 Å². The molecule has 1 heterocycles. The number of nitrogens with one attached hydrogen (secondary N) is 1. The molecule has 0 bridgehead atoms. The molecule has 1 aromatic carbocycles. The molecule has 0 unspecified atom stereocenters. The van der Waals surface area contributed by atoms with Gasteiger partial charge in [0.05, 0.1) is 18.3 Å². The molecule has 7 heteroatoms. The van der Waals surface area contributed by atoms with E-state index in [1.54, 1.807) is 12.1 Å². The van der Waals surface area contributed by atoms with Crippen molar-refractivity contribution in [3.8, 4) is 0 Å². The van der Waals surface area contributed by atoms with Crippen LogP contribution in [0, 0.1) is 5.82 Å². The van der Waals surface area contributed by atoms with Crippen molar-refractivity contribution in [2.75, 3.05) is 13.7 Å². The molecule has 1 aliphatic heterocycles. The highest BCUT2D eigenvalue weighted by atomic mass is 19.1. The van der Waals surface area contributed by atoms with Crippen LogP contribution in [0.15, 0.2) is 18.2 Å². The van der Waals surface area contributed by atoms with Crippen LogP contribution >= 0.6 is 0 Å². The van der Waals surface area contributed by atoms with Crippen LogP contribution in [-0.2, 0) is 20.5 Å². The van der Waals surface area contributed by atoms with Gasteiger partial charge in [-0.1, -0.05) is 12.1 Å². The Balaban J connectivity index is 2.04. The van der Waals surface area contributed by atoms with Crippen molar-refractivity contribution in [3.63, 3.8) is 0 Å². The number of amides is 1. The van der Waals surface area contributed by atoms with Gasteiger partial charge < -0.3 is 19.4 Å². The lowest BCUT2D eigenvalue weighted by molar-refractivity contribution is 0.00578. The Bertz CT molecular complexity index is 575. The molecule has 1 saturated heterocycles. The summed E-state index contributed by atoms with van der Waals surface area (Å²) >= 11 is 0. The standard InChI is InChI=1S/C16H23BFNO4/c1-15(2)16(3,4)23-17(22-15)12-7-6-11(13(18)10-12)8-9-19-14(20)21-5/h6-7,10H,8-9H2,1-5H3,(H,19,20). The van der Waals surface area contributed by atoms with Crippen LogP contribution in [-0.4, -0.2) is 38.1 Å². The van der Waals surface area contributed by atoms with E-state index in [0.29, 0.717) is 24.0 Å². The molecule has 0 aliphatic carbocycles. The SMILES string of the molecule is COC(=O)NCCc1ccc(B2OC(C)(C)C(C)(C)O2)cc1F. The maximum atomic E-state index is 14.2. The highest BCUT2D eigenvalue weighted by Gasteiger charge is 2.51. The number of rotatable bonds is 4. The fraction of sp³-hybridized carbons (Fsp3) is 0.562. The summed E-state index contributed by atoms with van der Waals surface area (Å²) in [5.74, 6) is -0.344. The summed E-state index contributed by atoms with van der Waals surface area (Å²) in [6, 6.07) is 4.91. The van der Waals surface area contributed by atoms with Gasteiger partial charge in [0.1, 0.15) is 5.82 Å². The summed E-state index contributed by atoms with van der Waals surface area (Å²) in [6.07, 6.45) is -0.149. The second-order valence-corrected chi connectivity index (χ2v) is 6.61. The molecular formula is C16H23BFNO4. The van der Waals surface area contributed by atoms with Crippen LogP contribution in [0.3, 0.4) is 0 Å². The van der Waals surface area contributed by atoms with Crippen LogP contribution in [0.2, 0.25) is 0 Å². The molecule has 0 spiro atoms. The van der Waals surface area contributed by atoms with Crippen molar-refractivity contribution in [1.29, 1.82) is 0 Å². The number of methoxy groups -OCH3 is 1. The second kappa shape index (κ2) is 6.49. The molecule has 1 N–H and O–H groups in total. The van der Waals surface area contributed by atoms with Gasteiger partial charge in [0, 0.05) is 6.54 Å². The molecule has 5 nitrogen and oxygen atoms in total. The zero-order valence-electron chi connectivity index (χ0n) is 14.2. The summed E-state index contributed by atoms with van der Waals surface area (Å²) in [7, 11) is 0.701. The second-order valence-electron chi connectivity index (χ2n) is 6.61. The first kappa shape index (κ1) is 17.8. The van der Waals surface area contributed by atoms with E-state index in [-0.39, 0.29) is 5.82 Å². The zero-order valence-corrected chi connectivity index (χ0v) is 14.2. The number of halogens is 1. The number of benzene rings is 1. The van der Waals surface area contributed by atoms with E-state index in [0.717, 1.165) is 0 Å². The maximum Gasteiger partial charge on any atom is 0.494 e. The molecule has 0 radical (unpaired) electrons. The quantitative estimate of drug-likeness (QED) is 0.862. The molecule has 1 fully saturated rings. The Morgan fingerprint density at radius 1 is 1.26 bits per heavy atom. The predicted octanol–water partition coefficient (Wildman–Crippen LogP) is 2.02. The van der Waals surface area contributed by atoms with Crippen LogP contribution in [0.5, 0.6) is 0 Å². The minimum absolute atomic E-state index is 0.305. The van der Waals surface area contributed by atoms with Gasteiger partial charge in [-0.3, -0.25) is 0 Å². The molecule has 126 valence electrons. The third-order valence-corrected chi connectivity index (χ3v) is 4.45. The molecular weight excluding hydrogens is 300 g/mol. The molecule has 0 saturated carbocycles. The van der Waals surface area contributed by atoms with Gasteiger partial charge >= 0.3 is 13.2 Å². The third-order valence-electron chi connectivity index (χ3n) is 4.45. The van der Waals surface area contributed by atoms with Crippen molar-refractivity contribution >= 4 is 18.7 Å². The zero-order chi connectivity index (χ0) is 17.3. The number of hydrogen-bond acceptors (Lipinski definition) is 4. The average Bonchev–Trinajstić information content (AvgIpc) is 2.69. The summed E-state index contributed by atoms with van der Waals surface area (Å²) in [4.78, 5) is 11.0. The van der Waals surface area contributed by atoms with Crippen molar-refractivity contribution in [3.05, 3.63) is 29.6 Å². The number of carbonyl (C=O) groups is 1. The number of carbonyl (C=O) groups excluding carboxylic acids is 1. The monoisotopic (exact) mass is 323 g/mol. The predicted molar refractivity (Wildman–Crippen MR) is 86.2 cm³/mol. The topological polar surface area (TPSA) is 56.8 Å². The lowest BCUT2D eigenvalue weighted by Crippen LogP contribution is -2.41. The lowest BCUT2D eigenvalue weighted by atomic mass is 9.78. The Morgan fingerprint density at radius 2 is 1.87 bits per heavy atom. The maximum absolute atomic E-state index is 14.2. The first-order valence-corrected chi connectivity index (χ1v) is 7.62. The Kier molecular flexibility index (Phi) is 5.01. The van der Waals surface area contributed by atoms with E-state index in [2.05, 4.69) is 10.1 Å². The summed E-state index contributed by atoms with van der Waals surface area (Å²) in [5, 5.41) is 2.52. The highest BCUT2D eigenvalue weighted by Crippen LogP contribution is 2.36. The van der Waals surface area contributed by atoms with Crippen LogP contribution in [0.4, 0.5) is 9.18 Å². The molecule has 1 aliphatic rings. The average molecular weight is 323 g/mol. The molecule has 0 atom stereocenters. The molecule has 0 aromatic heterocycles. The molecule has 1 aromatic rings. The smallest absolute Gasteiger partial charge is 0.453 e. The van der Waals surface area contributed by atoms with Gasteiger partial charge in [0.2, 0.25) is 0 Å². The molecule has 2 rings (SSSR count). The van der Waals surface area contributed by atoms with Crippen molar-refractivity contribution in [2.24, 2.45) is 0 Å². The van der Waals surface area contributed by atoms with E-state index in [1.807, 2.05) is 27.7 Å². The van der Waals surface area contributed by atoms with Crippen molar-refractivity contribution in [1.82, 2.24) is 5.32 Å². The lowest BCUT2D eigenvalue weighted by Gasteiger charge is -2.32. The number of hydrogen-bond donors (Lipinski definition) is 1. The van der Waals surface area contributed by atoms with Gasteiger partial charge in [0.15, 0.2) is 0 Å². The normalized spacial score (nSPS) is 18.8. The van der Waals surface area contributed by atoms with E-state index in [9.17, 15) is 9.18 Å². The number of alkyl carbamates (subject to hydrolysis) is 1. The largest absolute Gasteiger partial charge is 0.494 e. The van der Waals surface area contributed by atoms with E-state index in [4.69, 9.17) is 9.31 Å². The summed E-state index contributed by atoms with van der Waals surface area (Å²) in [6.45, 7) is 8.12. The van der Waals surface area contributed by atoms with E-state index < -0.39 is 24.4 Å². The Morgan fingerprint density at radius 3 is 2.39 bits per heavy atom.